The number of rotatable bonds is 7. The Labute approximate surface area is 98.4 Å². The molecule has 1 rings (SSSR count). The summed E-state index contributed by atoms with van der Waals surface area (Å²) in [7, 11) is 0. The standard InChI is InChI=1S/C9H15N5O3/c1-3-10-7-12-8(11-4-2)14-9(13-7)17-5-6(15)16/h3-5H2,1-2H3,(H,15,16)(H2,10,11,12,13,14)/p-1. The van der Waals surface area contributed by atoms with Gasteiger partial charge in [0.2, 0.25) is 11.9 Å². The molecule has 2 N–H and O–H groups in total. The van der Waals surface area contributed by atoms with Gasteiger partial charge in [-0.3, -0.25) is 0 Å². The Morgan fingerprint density at radius 1 is 1.18 bits per heavy atom. The molecular weight excluding hydrogens is 226 g/mol. The minimum atomic E-state index is -1.33. The summed E-state index contributed by atoms with van der Waals surface area (Å²) in [5.74, 6) is -0.681. The van der Waals surface area contributed by atoms with Crippen LogP contribution in [0.4, 0.5) is 11.9 Å². The molecule has 0 aliphatic heterocycles. The predicted octanol–water partition coefficient (Wildman–Crippen LogP) is -1.14. The highest BCUT2D eigenvalue weighted by Crippen LogP contribution is 2.10. The lowest BCUT2D eigenvalue weighted by molar-refractivity contribution is -0.307. The van der Waals surface area contributed by atoms with E-state index in [0.717, 1.165) is 0 Å². The maximum atomic E-state index is 10.3. The SMILES string of the molecule is CCNc1nc(NCC)nc(OCC(=O)[O-])n1. The summed E-state index contributed by atoms with van der Waals surface area (Å²) < 4.78 is 4.84. The topological polar surface area (TPSA) is 112 Å². The fourth-order valence-corrected chi connectivity index (χ4v) is 1.02. The Morgan fingerprint density at radius 2 is 1.71 bits per heavy atom. The van der Waals surface area contributed by atoms with E-state index in [1.165, 1.54) is 0 Å². The van der Waals surface area contributed by atoms with E-state index in [4.69, 9.17) is 4.74 Å². The number of nitrogens with zero attached hydrogens (tertiary/aromatic N) is 3. The van der Waals surface area contributed by atoms with E-state index in [2.05, 4.69) is 25.6 Å². The second-order valence-electron chi connectivity index (χ2n) is 2.99. The molecule has 94 valence electrons. The summed E-state index contributed by atoms with van der Waals surface area (Å²) >= 11 is 0. The van der Waals surface area contributed by atoms with Crippen molar-refractivity contribution in [2.24, 2.45) is 0 Å². The van der Waals surface area contributed by atoms with Crippen LogP contribution >= 0.6 is 0 Å². The molecule has 1 aromatic heterocycles. The van der Waals surface area contributed by atoms with E-state index in [1.54, 1.807) is 0 Å². The Morgan fingerprint density at radius 3 is 2.12 bits per heavy atom. The van der Waals surface area contributed by atoms with Crippen molar-refractivity contribution >= 4 is 17.9 Å². The zero-order valence-electron chi connectivity index (χ0n) is 9.69. The summed E-state index contributed by atoms with van der Waals surface area (Å²) in [6.07, 6.45) is 0. The lowest BCUT2D eigenvalue weighted by Crippen LogP contribution is -2.29. The molecular formula is C9H14N5O3-. The van der Waals surface area contributed by atoms with E-state index >= 15 is 0 Å². The molecule has 0 spiro atoms. The molecule has 1 aromatic rings. The van der Waals surface area contributed by atoms with Gasteiger partial charge in [-0.25, -0.2) is 0 Å². The number of aliphatic carboxylic acids is 1. The normalized spacial score (nSPS) is 9.76. The number of hydrogen-bond acceptors (Lipinski definition) is 8. The first kappa shape index (κ1) is 12.9. The number of carbonyl (C=O) groups excluding carboxylic acids is 1. The van der Waals surface area contributed by atoms with Crippen molar-refractivity contribution in [2.75, 3.05) is 30.3 Å². The van der Waals surface area contributed by atoms with Crippen molar-refractivity contribution in [1.29, 1.82) is 0 Å². The zero-order valence-corrected chi connectivity index (χ0v) is 9.69. The molecule has 0 aliphatic carbocycles. The Kier molecular flexibility index (Phi) is 4.92. The van der Waals surface area contributed by atoms with E-state index in [9.17, 15) is 9.90 Å². The predicted molar refractivity (Wildman–Crippen MR) is 58.7 cm³/mol. The smallest absolute Gasteiger partial charge is 0.323 e. The number of hydrogen-bond donors (Lipinski definition) is 2. The first-order valence-electron chi connectivity index (χ1n) is 5.22. The largest absolute Gasteiger partial charge is 0.546 e. The molecule has 8 nitrogen and oxygen atoms in total. The van der Waals surface area contributed by atoms with Crippen LogP contribution in [-0.2, 0) is 4.79 Å². The van der Waals surface area contributed by atoms with Crippen LogP contribution in [0.2, 0.25) is 0 Å². The molecule has 8 heteroatoms. The minimum absolute atomic E-state index is 0.0592. The van der Waals surface area contributed by atoms with Gasteiger partial charge in [-0.1, -0.05) is 0 Å². The van der Waals surface area contributed by atoms with Gasteiger partial charge >= 0.3 is 6.01 Å². The molecule has 0 atom stereocenters. The molecule has 0 aromatic carbocycles. The third-order valence-electron chi connectivity index (χ3n) is 1.60. The van der Waals surface area contributed by atoms with Crippen molar-refractivity contribution in [3.05, 3.63) is 0 Å². The highest BCUT2D eigenvalue weighted by molar-refractivity contribution is 5.65. The van der Waals surface area contributed by atoms with Gasteiger partial charge in [-0.2, -0.15) is 15.0 Å². The number of ether oxygens (including phenoxy) is 1. The summed E-state index contributed by atoms with van der Waals surface area (Å²) in [5, 5.41) is 16.0. The summed E-state index contributed by atoms with van der Waals surface area (Å²) in [4.78, 5) is 22.1. The van der Waals surface area contributed by atoms with Gasteiger partial charge < -0.3 is 25.3 Å². The molecule has 17 heavy (non-hydrogen) atoms. The van der Waals surface area contributed by atoms with E-state index in [-0.39, 0.29) is 6.01 Å². The van der Waals surface area contributed by atoms with E-state index in [1.807, 2.05) is 13.8 Å². The molecule has 0 radical (unpaired) electrons. The fourth-order valence-electron chi connectivity index (χ4n) is 1.02. The fraction of sp³-hybridized carbons (Fsp3) is 0.556. The molecule has 0 bridgehead atoms. The van der Waals surface area contributed by atoms with Gasteiger partial charge in [0, 0.05) is 13.1 Å². The van der Waals surface area contributed by atoms with Crippen LogP contribution in [0.15, 0.2) is 0 Å². The van der Waals surface area contributed by atoms with Crippen LogP contribution in [0.3, 0.4) is 0 Å². The summed E-state index contributed by atoms with van der Waals surface area (Å²) in [6.45, 7) is 4.45. The van der Waals surface area contributed by atoms with Crippen LogP contribution in [0.5, 0.6) is 6.01 Å². The summed E-state index contributed by atoms with van der Waals surface area (Å²) in [5.41, 5.74) is 0. The third kappa shape index (κ3) is 4.49. The molecule has 0 unspecified atom stereocenters. The van der Waals surface area contributed by atoms with Crippen LogP contribution in [-0.4, -0.2) is 40.6 Å². The van der Waals surface area contributed by atoms with Gasteiger partial charge in [0.25, 0.3) is 0 Å². The summed E-state index contributed by atoms with van der Waals surface area (Å²) in [6, 6.07) is -0.0592. The van der Waals surface area contributed by atoms with Gasteiger partial charge in [0.1, 0.15) is 6.61 Å². The highest BCUT2D eigenvalue weighted by atomic mass is 16.5. The second-order valence-corrected chi connectivity index (χ2v) is 2.99. The van der Waals surface area contributed by atoms with Crippen molar-refractivity contribution < 1.29 is 14.6 Å². The lowest BCUT2D eigenvalue weighted by Gasteiger charge is -2.09. The molecule has 1 heterocycles. The van der Waals surface area contributed by atoms with Crippen molar-refractivity contribution in [3.8, 4) is 6.01 Å². The average molecular weight is 240 g/mol. The van der Waals surface area contributed by atoms with Gasteiger partial charge in [-0.05, 0) is 13.8 Å². The number of aromatic nitrogens is 3. The molecule has 0 saturated heterocycles. The maximum absolute atomic E-state index is 10.3. The van der Waals surface area contributed by atoms with Crippen LogP contribution < -0.4 is 20.5 Å². The van der Waals surface area contributed by atoms with E-state index < -0.39 is 12.6 Å². The number of carbonyl (C=O) groups is 1. The first-order chi connectivity index (χ1) is 8.15. The molecule has 0 saturated carbocycles. The average Bonchev–Trinajstić information content (AvgIpc) is 2.27. The highest BCUT2D eigenvalue weighted by Gasteiger charge is 2.06. The Hall–Kier alpha value is -2.12. The Bertz CT molecular complexity index is 361. The number of anilines is 2. The second kappa shape index (κ2) is 6.46. The van der Waals surface area contributed by atoms with Crippen molar-refractivity contribution in [3.63, 3.8) is 0 Å². The minimum Gasteiger partial charge on any atom is -0.546 e. The monoisotopic (exact) mass is 240 g/mol. The molecule has 0 amide bonds. The van der Waals surface area contributed by atoms with E-state index in [0.29, 0.717) is 25.0 Å². The first-order valence-corrected chi connectivity index (χ1v) is 5.22. The number of carboxylic acids is 1. The number of nitrogens with one attached hydrogen (secondary N) is 2. The van der Waals surface area contributed by atoms with Crippen LogP contribution in [0.25, 0.3) is 0 Å². The number of carboxylic acid groups (broad SMARTS) is 1. The van der Waals surface area contributed by atoms with Crippen molar-refractivity contribution in [2.45, 2.75) is 13.8 Å². The molecule has 0 fully saturated rings. The quantitative estimate of drug-likeness (QED) is 0.615. The van der Waals surface area contributed by atoms with Crippen molar-refractivity contribution in [1.82, 2.24) is 15.0 Å². The van der Waals surface area contributed by atoms with Crippen LogP contribution in [0.1, 0.15) is 13.8 Å². The van der Waals surface area contributed by atoms with Crippen LogP contribution in [0, 0.1) is 0 Å². The van der Waals surface area contributed by atoms with Gasteiger partial charge in [0.15, 0.2) is 0 Å². The third-order valence-corrected chi connectivity index (χ3v) is 1.60. The maximum Gasteiger partial charge on any atom is 0.323 e. The van der Waals surface area contributed by atoms with Gasteiger partial charge in [0.05, 0.1) is 5.97 Å². The Balaban J connectivity index is 2.82. The van der Waals surface area contributed by atoms with Gasteiger partial charge in [-0.15, -0.1) is 0 Å². The molecule has 0 aliphatic rings. The lowest BCUT2D eigenvalue weighted by atomic mass is 10.7. The zero-order chi connectivity index (χ0) is 12.7.